The molecule has 6 heteroatoms. The van der Waals surface area contributed by atoms with Crippen molar-refractivity contribution in [2.24, 2.45) is 0 Å². The summed E-state index contributed by atoms with van der Waals surface area (Å²) in [5.74, 6) is -2.28. The maximum Gasteiger partial charge on any atom is 0.360 e. The van der Waals surface area contributed by atoms with Crippen LogP contribution in [0.25, 0.3) is 11.5 Å². The smallest absolute Gasteiger partial charge is 0.360 e. The first kappa shape index (κ1) is 13.2. The van der Waals surface area contributed by atoms with E-state index in [1.165, 1.54) is 6.07 Å². The van der Waals surface area contributed by atoms with E-state index in [4.69, 9.17) is 9.15 Å². The number of ether oxygens (including phenoxy) is 1. The highest BCUT2D eigenvalue weighted by atomic mass is 19.2. The number of nitrogens with zero attached hydrogens (tertiary/aromatic N) is 1. The molecular weight excluding hydrogens is 256 g/mol. The third kappa shape index (κ3) is 2.62. The number of carbonyl (C=O) groups is 1. The first-order chi connectivity index (χ1) is 9.02. The summed E-state index contributed by atoms with van der Waals surface area (Å²) < 4.78 is 36.0. The van der Waals surface area contributed by atoms with Crippen LogP contribution < -0.4 is 0 Å². The molecule has 1 aromatic carbocycles. The lowest BCUT2D eigenvalue weighted by Crippen LogP contribution is -2.06. The molecule has 4 nitrogen and oxygen atoms in total. The van der Waals surface area contributed by atoms with Crippen LogP contribution in [0.5, 0.6) is 0 Å². The van der Waals surface area contributed by atoms with Gasteiger partial charge in [0.1, 0.15) is 5.76 Å². The molecule has 1 aromatic heterocycles. The predicted octanol–water partition coefficient (Wildman–Crippen LogP) is 3.10. The van der Waals surface area contributed by atoms with Crippen LogP contribution in [-0.2, 0) is 4.74 Å². The van der Waals surface area contributed by atoms with E-state index in [0.717, 1.165) is 12.1 Å². The number of benzene rings is 1. The summed E-state index contributed by atoms with van der Waals surface area (Å²) in [5.41, 5.74) is 0.277. The molecule has 2 aromatic rings. The van der Waals surface area contributed by atoms with Crippen LogP contribution in [0.15, 0.2) is 22.6 Å². The summed E-state index contributed by atoms with van der Waals surface area (Å²) in [6.07, 6.45) is 0. The second-order valence-electron chi connectivity index (χ2n) is 3.77. The second-order valence-corrected chi connectivity index (χ2v) is 3.77. The Labute approximate surface area is 108 Å². The summed E-state index contributed by atoms with van der Waals surface area (Å²) >= 11 is 0. The van der Waals surface area contributed by atoms with E-state index < -0.39 is 17.6 Å². The number of halogens is 2. The Balaban J connectivity index is 2.38. The summed E-state index contributed by atoms with van der Waals surface area (Å²) in [5, 5.41) is 0. The Morgan fingerprint density at radius 3 is 2.74 bits per heavy atom. The SMILES string of the molecule is CCOC(=O)c1nc(-c2ccc(F)c(F)c2)oc1C. The fourth-order valence-corrected chi connectivity index (χ4v) is 1.54. The molecule has 2 rings (SSSR count). The van der Waals surface area contributed by atoms with Crippen molar-refractivity contribution in [3.8, 4) is 11.5 Å². The molecular formula is C13H11F2NO3. The molecule has 0 aliphatic carbocycles. The fourth-order valence-electron chi connectivity index (χ4n) is 1.54. The first-order valence-corrected chi connectivity index (χ1v) is 5.63. The molecule has 0 N–H and O–H groups in total. The van der Waals surface area contributed by atoms with Gasteiger partial charge in [-0.1, -0.05) is 0 Å². The van der Waals surface area contributed by atoms with Gasteiger partial charge in [0.25, 0.3) is 0 Å². The zero-order valence-electron chi connectivity index (χ0n) is 10.4. The van der Waals surface area contributed by atoms with Gasteiger partial charge >= 0.3 is 5.97 Å². The predicted molar refractivity (Wildman–Crippen MR) is 62.5 cm³/mol. The number of carbonyl (C=O) groups excluding carboxylic acids is 1. The molecule has 0 radical (unpaired) electrons. The van der Waals surface area contributed by atoms with Gasteiger partial charge in [0.2, 0.25) is 5.89 Å². The number of aryl methyl sites for hydroxylation is 1. The zero-order chi connectivity index (χ0) is 14.0. The molecule has 0 amide bonds. The highest BCUT2D eigenvalue weighted by molar-refractivity contribution is 5.88. The van der Waals surface area contributed by atoms with E-state index in [1.807, 2.05) is 0 Å². The quantitative estimate of drug-likeness (QED) is 0.802. The molecule has 0 unspecified atom stereocenters. The maximum atomic E-state index is 13.1. The Morgan fingerprint density at radius 2 is 2.11 bits per heavy atom. The highest BCUT2D eigenvalue weighted by Crippen LogP contribution is 2.23. The van der Waals surface area contributed by atoms with Gasteiger partial charge in [0.15, 0.2) is 17.3 Å². The lowest BCUT2D eigenvalue weighted by Gasteiger charge is -1.97. The Hall–Kier alpha value is -2.24. The standard InChI is InChI=1S/C13H11F2NO3/c1-3-18-13(17)11-7(2)19-12(16-11)8-4-5-9(14)10(15)6-8/h4-6H,3H2,1-2H3. The summed E-state index contributed by atoms with van der Waals surface area (Å²) in [7, 11) is 0. The van der Waals surface area contributed by atoms with E-state index in [0.29, 0.717) is 0 Å². The van der Waals surface area contributed by atoms with Gasteiger partial charge in [-0.25, -0.2) is 18.6 Å². The summed E-state index contributed by atoms with van der Waals surface area (Å²) in [6.45, 7) is 3.43. The lowest BCUT2D eigenvalue weighted by atomic mass is 10.2. The van der Waals surface area contributed by atoms with Crippen molar-refractivity contribution in [3.05, 3.63) is 41.3 Å². The molecule has 0 spiro atoms. The van der Waals surface area contributed by atoms with Crippen LogP contribution in [0.4, 0.5) is 8.78 Å². The number of hydrogen-bond donors (Lipinski definition) is 0. The van der Waals surface area contributed by atoms with Crippen LogP contribution in [-0.4, -0.2) is 17.6 Å². The average Bonchev–Trinajstić information content (AvgIpc) is 2.75. The largest absolute Gasteiger partial charge is 0.461 e. The van der Waals surface area contributed by atoms with Gasteiger partial charge in [0.05, 0.1) is 6.61 Å². The first-order valence-electron chi connectivity index (χ1n) is 5.63. The molecule has 100 valence electrons. The highest BCUT2D eigenvalue weighted by Gasteiger charge is 2.19. The Kier molecular flexibility index (Phi) is 3.59. The van der Waals surface area contributed by atoms with Gasteiger partial charge in [-0.05, 0) is 32.0 Å². The Bertz CT molecular complexity index is 622. The molecule has 0 atom stereocenters. The molecule has 0 aliphatic rings. The monoisotopic (exact) mass is 267 g/mol. The number of oxazole rings is 1. The van der Waals surface area contributed by atoms with E-state index in [9.17, 15) is 13.6 Å². The molecule has 0 saturated heterocycles. The minimum atomic E-state index is -1.01. The van der Waals surface area contributed by atoms with Crippen molar-refractivity contribution >= 4 is 5.97 Å². The van der Waals surface area contributed by atoms with E-state index in [1.54, 1.807) is 13.8 Å². The van der Waals surface area contributed by atoms with Crippen molar-refractivity contribution < 1.29 is 22.7 Å². The van der Waals surface area contributed by atoms with Crippen LogP contribution in [0.2, 0.25) is 0 Å². The van der Waals surface area contributed by atoms with E-state index in [2.05, 4.69) is 4.98 Å². The third-order valence-corrected chi connectivity index (χ3v) is 2.43. The average molecular weight is 267 g/mol. The topological polar surface area (TPSA) is 52.3 Å². The van der Waals surface area contributed by atoms with Crippen LogP contribution in [0.1, 0.15) is 23.2 Å². The second kappa shape index (κ2) is 5.17. The number of esters is 1. The number of hydrogen-bond acceptors (Lipinski definition) is 4. The normalized spacial score (nSPS) is 10.5. The van der Waals surface area contributed by atoms with Crippen molar-refractivity contribution in [1.82, 2.24) is 4.98 Å². The molecule has 0 bridgehead atoms. The minimum Gasteiger partial charge on any atom is -0.461 e. The number of aromatic nitrogens is 1. The Morgan fingerprint density at radius 1 is 1.37 bits per heavy atom. The molecule has 0 aliphatic heterocycles. The van der Waals surface area contributed by atoms with Crippen LogP contribution in [0, 0.1) is 18.6 Å². The van der Waals surface area contributed by atoms with Gasteiger partial charge in [0, 0.05) is 5.56 Å². The lowest BCUT2D eigenvalue weighted by molar-refractivity contribution is 0.0518. The third-order valence-electron chi connectivity index (χ3n) is 2.43. The van der Waals surface area contributed by atoms with Crippen molar-refractivity contribution in [1.29, 1.82) is 0 Å². The zero-order valence-corrected chi connectivity index (χ0v) is 10.4. The van der Waals surface area contributed by atoms with E-state index >= 15 is 0 Å². The van der Waals surface area contributed by atoms with Crippen LogP contribution in [0.3, 0.4) is 0 Å². The summed E-state index contributed by atoms with van der Waals surface area (Å²) in [4.78, 5) is 15.5. The molecule has 0 saturated carbocycles. The fraction of sp³-hybridized carbons (Fsp3) is 0.231. The van der Waals surface area contributed by atoms with Gasteiger partial charge in [-0.2, -0.15) is 0 Å². The minimum absolute atomic E-state index is 0.0292. The molecule has 19 heavy (non-hydrogen) atoms. The van der Waals surface area contributed by atoms with Crippen molar-refractivity contribution in [2.45, 2.75) is 13.8 Å². The maximum absolute atomic E-state index is 13.1. The van der Waals surface area contributed by atoms with Gasteiger partial charge in [-0.3, -0.25) is 0 Å². The molecule has 0 fully saturated rings. The van der Waals surface area contributed by atoms with Crippen molar-refractivity contribution in [2.75, 3.05) is 6.61 Å². The molecule has 1 heterocycles. The van der Waals surface area contributed by atoms with Crippen molar-refractivity contribution in [3.63, 3.8) is 0 Å². The summed E-state index contributed by atoms with van der Waals surface area (Å²) in [6, 6.07) is 3.24. The van der Waals surface area contributed by atoms with Gasteiger partial charge < -0.3 is 9.15 Å². The number of rotatable bonds is 3. The van der Waals surface area contributed by atoms with Gasteiger partial charge in [-0.15, -0.1) is 0 Å². The van der Waals surface area contributed by atoms with E-state index in [-0.39, 0.29) is 29.5 Å². The van der Waals surface area contributed by atoms with Crippen LogP contribution >= 0.6 is 0 Å².